The van der Waals surface area contributed by atoms with E-state index in [4.69, 9.17) is 9.29 Å². The number of rotatable bonds is 6. The lowest BCUT2D eigenvalue weighted by Crippen LogP contribution is -2.42. The maximum Gasteiger partial charge on any atom is 0.403 e. The van der Waals surface area contributed by atoms with Gasteiger partial charge in [-0.3, -0.25) is 9.35 Å². The molecule has 3 rings (SSSR count). The summed E-state index contributed by atoms with van der Waals surface area (Å²) in [5.74, 6) is -0.0392. The molecule has 3 aliphatic rings. The van der Waals surface area contributed by atoms with Crippen molar-refractivity contribution < 1.29 is 35.7 Å². The second-order valence-electron chi connectivity index (χ2n) is 7.34. The lowest BCUT2D eigenvalue weighted by atomic mass is 9.68. The predicted octanol–water partition coefficient (Wildman–Crippen LogP) is 3.27. The van der Waals surface area contributed by atoms with Crippen LogP contribution in [0.1, 0.15) is 45.4 Å². The summed E-state index contributed by atoms with van der Waals surface area (Å²) in [6.45, 7) is 0.661. The summed E-state index contributed by atoms with van der Waals surface area (Å²) in [5, 5.41) is -5.01. The monoisotopic (exact) mass is 382 g/mol. The first-order valence-electron chi connectivity index (χ1n) is 8.39. The van der Waals surface area contributed by atoms with Crippen LogP contribution in [0.4, 0.5) is 13.2 Å². The molecule has 0 saturated heterocycles. The summed E-state index contributed by atoms with van der Waals surface area (Å²) in [7, 11) is -5.91. The third kappa shape index (κ3) is 2.89. The maximum absolute atomic E-state index is 13.6. The van der Waals surface area contributed by atoms with E-state index in [-0.39, 0.29) is 0 Å². The fourth-order valence-corrected chi connectivity index (χ4v) is 5.00. The van der Waals surface area contributed by atoms with E-state index in [1.54, 1.807) is 0 Å². The van der Waals surface area contributed by atoms with Crippen molar-refractivity contribution in [2.75, 3.05) is 6.61 Å². The SMILES string of the molecule is CCC1=C2CC3CC(C(=O)OCC(F)C(F)(F)S(=O)(=O)O)(CC1)CC23. The highest BCUT2D eigenvalue weighted by molar-refractivity contribution is 7.86. The van der Waals surface area contributed by atoms with Crippen molar-refractivity contribution in [2.45, 2.75) is 56.9 Å². The zero-order valence-electron chi connectivity index (χ0n) is 13.8. The first-order valence-corrected chi connectivity index (χ1v) is 9.83. The lowest BCUT2D eigenvalue weighted by molar-refractivity contribution is -0.161. The Balaban J connectivity index is 1.67. The Kier molecular flexibility index (Phi) is 4.47. The molecule has 0 aromatic rings. The van der Waals surface area contributed by atoms with Gasteiger partial charge in [-0.15, -0.1) is 0 Å². The van der Waals surface area contributed by atoms with E-state index in [2.05, 4.69) is 6.92 Å². The largest absolute Gasteiger partial charge is 0.462 e. The van der Waals surface area contributed by atoms with Crippen LogP contribution in [0.5, 0.6) is 0 Å². The van der Waals surface area contributed by atoms with Crippen LogP contribution in [0.3, 0.4) is 0 Å². The molecule has 2 fully saturated rings. The van der Waals surface area contributed by atoms with Crippen LogP contribution in [-0.2, 0) is 19.6 Å². The van der Waals surface area contributed by atoms with Crippen molar-refractivity contribution in [3.05, 3.63) is 11.1 Å². The van der Waals surface area contributed by atoms with Gasteiger partial charge < -0.3 is 4.74 Å². The van der Waals surface area contributed by atoms with Crippen LogP contribution >= 0.6 is 0 Å². The predicted molar refractivity (Wildman–Crippen MR) is 82.2 cm³/mol. The van der Waals surface area contributed by atoms with Gasteiger partial charge in [0, 0.05) is 0 Å². The van der Waals surface area contributed by atoms with E-state index >= 15 is 0 Å². The molecular formula is C16H21F3O5S. The minimum Gasteiger partial charge on any atom is -0.462 e. The molecule has 4 atom stereocenters. The van der Waals surface area contributed by atoms with E-state index in [0.29, 0.717) is 31.1 Å². The van der Waals surface area contributed by atoms with Crippen LogP contribution in [0.15, 0.2) is 11.1 Å². The minimum absolute atomic E-state index is 0.324. The summed E-state index contributed by atoms with van der Waals surface area (Å²) in [6, 6.07) is 0. The molecule has 25 heavy (non-hydrogen) atoms. The molecule has 0 amide bonds. The van der Waals surface area contributed by atoms with Crippen LogP contribution < -0.4 is 0 Å². The molecule has 0 aromatic carbocycles. The topological polar surface area (TPSA) is 80.7 Å². The Hall–Kier alpha value is -1.09. The fourth-order valence-electron chi connectivity index (χ4n) is 4.61. The van der Waals surface area contributed by atoms with Crippen molar-refractivity contribution >= 4 is 16.1 Å². The van der Waals surface area contributed by atoms with E-state index in [1.807, 2.05) is 0 Å². The smallest absolute Gasteiger partial charge is 0.403 e. The lowest BCUT2D eigenvalue weighted by Gasteiger charge is -2.37. The third-order valence-corrected chi connectivity index (χ3v) is 6.99. The van der Waals surface area contributed by atoms with Crippen molar-refractivity contribution in [2.24, 2.45) is 17.3 Å². The molecule has 0 aliphatic heterocycles. The molecule has 3 aliphatic carbocycles. The second-order valence-corrected chi connectivity index (χ2v) is 8.84. The fraction of sp³-hybridized carbons (Fsp3) is 0.812. The highest BCUT2D eigenvalue weighted by Crippen LogP contribution is 2.63. The molecule has 0 radical (unpaired) electrons. The van der Waals surface area contributed by atoms with Crippen molar-refractivity contribution in [1.82, 2.24) is 0 Å². The number of esters is 1. The van der Waals surface area contributed by atoms with Crippen LogP contribution in [0.2, 0.25) is 0 Å². The molecule has 0 aromatic heterocycles. The van der Waals surface area contributed by atoms with Gasteiger partial charge in [0.2, 0.25) is 6.17 Å². The molecule has 1 N–H and O–H groups in total. The number of alkyl halides is 3. The Morgan fingerprint density at radius 2 is 2.12 bits per heavy atom. The van der Waals surface area contributed by atoms with Crippen LogP contribution in [0, 0.1) is 17.3 Å². The Morgan fingerprint density at radius 3 is 2.72 bits per heavy atom. The van der Waals surface area contributed by atoms with Gasteiger partial charge in [-0.25, -0.2) is 4.39 Å². The highest BCUT2D eigenvalue weighted by Gasteiger charge is 2.58. The van der Waals surface area contributed by atoms with Gasteiger partial charge in [0.25, 0.3) is 0 Å². The number of hydrogen-bond donors (Lipinski definition) is 1. The Bertz CT molecular complexity index is 717. The number of ether oxygens (including phenoxy) is 1. The van der Waals surface area contributed by atoms with E-state index in [0.717, 1.165) is 19.3 Å². The molecule has 9 heteroatoms. The average Bonchev–Trinajstić information content (AvgIpc) is 2.71. The quantitative estimate of drug-likeness (QED) is 0.433. The van der Waals surface area contributed by atoms with Crippen molar-refractivity contribution in [1.29, 1.82) is 0 Å². The molecule has 0 spiro atoms. The summed E-state index contributed by atoms with van der Waals surface area (Å²) >= 11 is 0. The molecule has 2 bridgehead atoms. The standard InChI is InChI=1S/C16H21F3O5S/c1-2-9-3-4-15(6-10-5-11(9)12(10)7-15)14(20)24-8-13(17)16(18,19)25(21,22)23/h10,12-13H,2-8H2,1H3,(H,21,22,23). The zero-order valence-corrected chi connectivity index (χ0v) is 14.6. The summed E-state index contributed by atoms with van der Waals surface area (Å²) in [6.07, 6.45) is 1.02. The number of halogens is 3. The molecule has 2 saturated carbocycles. The first-order chi connectivity index (χ1) is 11.5. The Labute approximate surface area is 144 Å². The van der Waals surface area contributed by atoms with E-state index < -0.39 is 39.5 Å². The van der Waals surface area contributed by atoms with Gasteiger partial charge in [-0.05, 0) is 50.4 Å². The number of fused-ring (bicyclic) bond motifs is 1. The minimum atomic E-state index is -5.91. The summed E-state index contributed by atoms with van der Waals surface area (Å²) < 4.78 is 74.2. The van der Waals surface area contributed by atoms with Crippen LogP contribution in [0.25, 0.3) is 0 Å². The second kappa shape index (κ2) is 5.97. The zero-order chi connectivity index (χ0) is 18.6. The molecule has 4 unspecified atom stereocenters. The maximum atomic E-state index is 13.6. The van der Waals surface area contributed by atoms with Gasteiger partial charge in [0.1, 0.15) is 6.61 Å². The molecule has 5 nitrogen and oxygen atoms in total. The van der Waals surface area contributed by atoms with Crippen LogP contribution in [-0.4, -0.2) is 37.0 Å². The average molecular weight is 382 g/mol. The van der Waals surface area contributed by atoms with Crippen molar-refractivity contribution in [3.8, 4) is 0 Å². The summed E-state index contributed by atoms with van der Waals surface area (Å²) in [4.78, 5) is 12.5. The number of carbonyl (C=O) groups excluding carboxylic acids is 1. The Morgan fingerprint density at radius 1 is 1.44 bits per heavy atom. The first kappa shape index (κ1) is 18.7. The normalized spacial score (nSPS) is 32.8. The number of allylic oxidation sites excluding steroid dienone is 2. The highest BCUT2D eigenvalue weighted by atomic mass is 32.2. The molecular weight excluding hydrogens is 361 g/mol. The van der Waals surface area contributed by atoms with Crippen molar-refractivity contribution in [3.63, 3.8) is 0 Å². The van der Waals surface area contributed by atoms with E-state index in [9.17, 15) is 26.4 Å². The number of carbonyl (C=O) groups is 1. The van der Waals surface area contributed by atoms with Gasteiger partial charge in [-0.1, -0.05) is 18.1 Å². The summed E-state index contributed by atoms with van der Waals surface area (Å²) in [5.41, 5.74) is 1.94. The van der Waals surface area contributed by atoms with Gasteiger partial charge in [0.05, 0.1) is 5.41 Å². The van der Waals surface area contributed by atoms with Gasteiger partial charge >= 0.3 is 21.3 Å². The number of hydrogen-bond acceptors (Lipinski definition) is 4. The third-order valence-electron chi connectivity index (χ3n) is 6.05. The molecule has 0 heterocycles. The molecule has 142 valence electrons. The van der Waals surface area contributed by atoms with Gasteiger partial charge in [-0.2, -0.15) is 17.2 Å². The van der Waals surface area contributed by atoms with Gasteiger partial charge in [0.15, 0.2) is 0 Å². The van der Waals surface area contributed by atoms with E-state index in [1.165, 1.54) is 11.1 Å².